The number of nitrogen functional groups attached to an aromatic ring is 1. The number of benzene rings is 2. The number of aliphatic hydroxyl groups is 1. The zero-order valence-electron chi connectivity index (χ0n) is 10.1. The van der Waals surface area contributed by atoms with Crippen LogP contribution in [0.3, 0.4) is 0 Å². The van der Waals surface area contributed by atoms with E-state index in [4.69, 9.17) is 5.73 Å². The first-order valence-electron chi connectivity index (χ1n) is 5.68. The van der Waals surface area contributed by atoms with E-state index in [1.165, 1.54) is 5.56 Å². The van der Waals surface area contributed by atoms with Gasteiger partial charge in [0, 0.05) is 5.69 Å². The van der Waals surface area contributed by atoms with Gasteiger partial charge in [-0.05, 0) is 36.6 Å². The van der Waals surface area contributed by atoms with Crippen molar-refractivity contribution in [2.75, 3.05) is 5.73 Å². The Labute approximate surface area is 102 Å². The minimum atomic E-state index is -0.613. The zero-order chi connectivity index (χ0) is 12.4. The summed E-state index contributed by atoms with van der Waals surface area (Å²) in [5.74, 6) is 0. The summed E-state index contributed by atoms with van der Waals surface area (Å²) in [7, 11) is 0. The van der Waals surface area contributed by atoms with Crippen LogP contribution in [-0.2, 0) is 0 Å². The molecule has 2 aromatic rings. The van der Waals surface area contributed by atoms with Crippen LogP contribution in [0.25, 0.3) is 0 Å². The highest BCUT2D eigenvalue weighted by atomic mass is 16.3. The molecule has 0 amide bonds. The van der Waals surface area contributed by atoms with Crippen molar-refractivity contribution in [1.29, 1.82) is 0 Å². The summed E-state index contributed by atoms with van der Waals surface area (Å²) in [4.78, 5) is 0. The summed E-state index contributed by atoms with van der Waals surface area (Å²) in [5.41, 5.74) is 10.5. The average Bonchev–Trinajstić information content (AvgIpc) is 2.33. The molecule has 0 bridgehead atoms. The molecule has 88 valence electrons. The lowest BCUT2D eigenvalue weighted by Gasteiger charge is -2.13. The van der Waals surface area contributed by atoms with E-state index in [-0.39, 0.29) is 0 Å². The molecule has 0 aliphatic carbocycles. The molecule has 17 heavy (non-hydrogen) atoms. The van der Waals surface area contributed by atoms with Gasteiger partial charge in [-0.3, -0.25) is 0 Å². The van der Waals surface area contributed by atoms with Gasteiger partial charge < -0.3 is 10.8 Å². The van der Waals surface area contributed by atoms with Gasteiger partial charge in [0.15, 0.2) is 0 Å². The summed E-state index contributed by atoms with van der Waals surface area (Å²) in [6, 6.07) is 13.6. The largest absolute Gasteiger partial charge is 0.399 e. The van der Waals surface area contributed by atoms with Crippen LogP contribution in [-0.4, -0.2) is 5.11 Å². The lowest BCUT2D eigenvalue weighted by Crippen LogP contribution is -2.01. The highest BCUT2D eigenvalue weighted by Crippen LogP contribution is 2.25. The summed E-state index contributed by atoms with van der Waals surface area (Å²) in [6.45, 7) is 3.98. The van der Waals surface area contributed by atoms with E-state index in [9.17, 15) is 5.11 Å². The van der Waals surface area contributed by atoms with Crippen LogP contribution in [0.4, 0.5) is 5.69 Å². The number of hydrogen-bond donors (Lipinski definition) is 2. The third-order valence-corrected chi connectivity index (χ3v) is 3.01. The molecule has 0 saturated carbocycles. The number of hydrogen-bond acceptors (Lipinski definition) is 2. The standard InChI is InChI=1S/C15H17NO/c1-10-3-6-12(7-4-10)15(17)13-8-5-11(2)14(16)9-13/h3-9,15,17H,16H2,1-2H3/t15-/m0/s1. The summed E-state index contributed by atoms with van der Waals surface area (Å²) in [6.07, 6.45) is -0.613. The fourth-order valence-corrected chi connectivity index (χ4v) is 1.77. The Kier molecular flexibility index (Phi) is 3.16. The van der Waals surface area contributed by atoms with E-state index in [2.05, 4.69) is 0 Å². The summed E-state index contributed by atoms with van der Waals surface area (Å²) >= 11 is 0. The number of anilines is 1. The molecule has 2 aromatic carbocycles. The van der Waals surface area contributed by atoms with Crippen molar-refractivity contribution in [2.45, 2.75) is 20.0 Å². The molecule has 0 heterocycles. The molecule has 0 radical (unpaired) electrons. The predicted molar refractivity (Wildman–Crippen MR) is 70.8 cm³/mol. The first-order valence-corrected chi connectivity index (χ1v) is 5.68. The monoisotopic (exact) mass is 227 g/mol. The molecule has 2 nitrogen and oxygen atoms in total. The Morgan fingerprint density at radius 3 is 2.12 bits per heavy atom. The number of aryl methyl sites for hydroxylation is 2. The molecule has 1 atom stereocenters. The molecule has 0 spiro atoms. The smallest absolute Gasteiger partial charge is 0.104 e. The van der Waals surface area contributed by atoms with Gasteiger partial charge in [-0.25, -0.2) is 0 Å². The van der Waals surface area contributed by atoms with E-state index in [0.29, 0.717) is 5.69 Å². The van der Waals surface area contributed by atoms with Crippen molar-refractivity contribution >= 4 is 5.69 Å². The molecule has 3 N–H and O–H groups in total. The highest BCUT2D eigenvalue weighted by Gasteiger charge is 2.10. The summed E-state index contributed by atoms with van der Waals surface area (Å²) in [5, 5.41) is 10.2. The molecular formula is C15H17NO. The molecule has 0 aliphatic heterocycles. The lowest BCUT2D eigenvalue weighted by atomic mass is 9.99. The summed E-state index contributed by atoms with van der Waals surface area (Å²) < 4.78 is 0. The minimum Gasteiger partial charge on any atom is -0.399 e. The average molecular weight is 227 g/mol. The molecule has 0 unspecified atom stereocenters. The fourth-order valence-electron chi connectivity index (χ4n) is 1.77. The third kappa shape index (κ3) is 2.48. The number of nitrogens with two attached hydrogens (primary N) is 1. The van der Waals surface area contributed by atoms with Gasteiger partial charge in [0.2, 0.25) is 0 Å². The van der Waals surface area contributed by atoms with E-state index in [1.807, 2.05) is 56.3 Å². The molecule has 2 heteroatoms. The zero-order valence-corrected chi connectivity index (χ0v) is 10.1. The highest BCUT2D eigenvalue weighted by molar-refractivity contribution is 5.50. The van der Waals surface area contributed by atoms with Crippen LogP contribution >= 0.6 is 0 Å². The Morgan fingerprint density at radius 1 is 0.941 bits per heavy atom. The maximum absolute atomic E-state index is 10.2. The van der Waals surface area contributed by atoms with Crippen molar-refractivity contribution in [3.63, 3.8) is 0 Å². The van der Waals surface area contributed by atoms with Crippen LogP contribution in [0.15, 0.2) is 42.5 Å². The van der Waals surface area contributed by atoms with E-state index < -0.39 is 6.10 Å². The third-order valence-electron chi connectivity index (χ3n) is 3.01. The quantitative estimate of drug-likeness (QED) is 0.775. The van der Waals surface area contributed by atoms with Gasteiger partial charge >= 0.3 is 0 Å². The first-order chi connectivity index (χ1) is 8.08. The van der Waals surface area contributed by atoms with Gasteiger partial charge in [0.25, 0.3) is 0 Å². The van der Waals surface area contributed by atoms with Crippen molar-refractivity contribution in [1.82, 2.24) is 0 Å². The second-order valence-corrected chi connectivity index (χ2v) is 4.43. The molecular weight excluding hydrogens is 210 g/mol. The van der Waals surface area contributed by atoms with Crippen molar-refractivity contribution in [3.05, 3.63) is 64.7 Å². The normalized spacial score (nSPS) is 12.4. The van der Waals surface area contributed by atoms with E-state index in [0.717, 1.165) is 16.7 Å². The number of aliphatic hydroxyl groups excluding tert-OH is 1. The van der Waals surface area contributed by atoms with Gasteiger partial charge in [0.1, 0.15) is 6.10 Å². The molecule has 0 fully saturated rings. The molecule has 0 aliphatic rings. The Bertz CT molecular complexity index is 517. The van der Waals surface area contributed by atoms with Crippen molar-refractivity contribution in [2.24, 2.45) is 0 Å². The minimum absolute atomic E-state index is 0.613. The predicted octanol–water partition coefficient (Wildman–Crippen LogP) is 2.97. The Morgan fingerprint density at radius 2 is 1.53 bits per heavy atom. The van der Waals surface area contributed by atoms with Crippen LogP contribution in [0.1, 0.15) is 28.4 Å². The Balaban J connectivity index is 2.33. The fraction of sp³-hybridized carbons (Fsp3) is 0.200. The van der Waals surface area contributed by atoms with Gasteiger partial charge in [-0.1, -0.05) is 42.0 Å². The second-order valence-electron chi connectivity index (χ2n) is 4.43. The SMILES string of the molecule is Cc1ccc([C@H](O)c2ccc(C)c(N)c2)cc1. The van der Waals surface area contributed by atoms with Crippen LogP contribution in [0, 0.1) is 13.8 Å². The first kappa shape index (κ1) is 11.7. The second kappa shape index (κ2) is 4.60. The van der Waals surface area contributed by atoms with Crippen molar-refractivity contribution < 1.29 is 5.11 Å². The van der Waals surface area contributed by atoms with E-state index >= 15 is 0 Å². The Hall–Kier alpha value is -1.80. The molecule has 2 rings (SSSR count). The van der Waals surface area contributed by atoms with Crippen molar-refractivity contribution in [3.8, 4) is 0 Å². The molecule has 0 saturated heterocycles. The maximum Gasteiger partial charge on any atom is 0.104 e. The topological polar surface area (TPSA) is 46.2 Å². The van der Waals surface area contributed by atoms with Gasteiger partial charge in [0.05, 0.1) is 0 Å². The maximum atomic E-state index is 10.2. The lowest BCUT2D eigenvalue weighted by molar-refractivity contribution is 0.220. The van der Waals surface area contributed by atoms with E-state index in [1.54, 1.807) is 0 Å². The van der Waals surface area contributed by atoms with Gasteiger partial charge in [-0.2, -0.15) is 0 Å². The molecule has 0 aromatic heterocycles. The van der Waals surface area contributed by atoms with Gasteiger partial charge in [-0.15, -0.1) is 0 Å². The van der Waals surface area contributed by atoms with Crippen LogP contribution in [0.2, 0.25) is 0 Å². The number of rotatable bonds is 2. The van der Waals surface area contributed by atoms with Crippen LogP contribution in [0.5, 0.6) is 0 Å². The van der Waals surface area contributed by atoms with Crippen LogP contribution < -0.4 is 5.73 Å².